The third-order valence-corrected chi connectivity index (χ3v) is 3.10. The summed E-state index contributed by atoms with van der Waals surface area (Å²) in [5, 5.41) is 12.8. The Morgan fingerprint density at radius 2 is 2.22 bits per heavy atom. The topological polar surface area (TPSA) is 94.4 Å². The van der Waals surface area contributed by atoms with E-state index in [1.165, 1.54) is 6.07 Å². The highest BCUT2D eigenvalue weighted by molar-refractivity contribution is 5.94. The Labute approximate surface area is 126 Å². The van der Waals surface area contributed by atoms with Crippen molar-refractivity contribution in [3.63, 3.8) is 0 Å². The van der Waals surface area contributed by atoms with Crippen molar-refractivity contribution in [2.24, 2.45) is 5.92 Å². The van der Waals surface area contributed by atoms with Crippen LogP contribution in [0.3, 0.4) is 0 Å². The molecule has 1 N–H and O–H groups in total. The Balaban J connectivity index is 1.85. The molecule has 126 valence electrons. The molecule has 0 bridgehead atoms. The van der Waals surface area contributed by atoms with Gasteiger partial charge < -0.3 is 10.1 Å². The minimum atomic E-state index is -4.29. The van der Waals surface area contributed by atoms with Gasteiger partial charge in [0.05, 0.1) is 11.9 Å². The fourth-order valence-electron chi connectivity index (χ4n) is 1.70. The predicted molar refractivity (Wildman–Crippen MR) is 68.2 cm³/mol. The number of ether oxygens (including phenoxy) is 1. The number of nitro groups is 1. The largest absolute Gasteiger partial charge is 0.471 e. The molecular formula is C12H11F4N3O4. The van der Waals surface area contributed by atoms with Crippen molar-refractivity contribution in [2.75, 3.05) is 11.9 Å². The summed E-state index contributed by atoms with van der Waals surface area (Å²) in [6.45, 7) is -1.53. The summed E-state index contributed by atoms with van der Waals surface area (Å²) >= 11 is 0. The molecule has 2 atom stereocenters. The smallest absolute Gasteiger partial charge is 0.340 e. The number of hydrogen-bond donors (Lipinski definition) is 1. The lowest BCUT2D eigenvalue weighted by molar-refractivity contribution is -0.497. The summed E-state index contributed by atoms with van der Waals surface area (Å²) < 4.78 is 53.7. The van der Waals surface area contributed by atoms with Crippen LogP contribution in [0.5, 0.6) is 5.88 Å². The van der Waals surface area contributed by atoms with E-state index in [-0.39, 0.29) is 18.0 Å². The van der Waals surface area contributed by atoms with Gasteiger partial charge >= 0.3 is 12.3 Å². The van der Waals surface area contributed by atoms with Crippen molar-refractivity contribution >= 4 is 11.6 Å². The first kappa shape index (κ1) is 16.9. The summed E-state index contributed by atoms with van der Waals surface area (Å²) in [6.07, 6.45) is -2.64. The molecule has 1 saturated carbocycles. The highest BCUT2D eigenvalue weighted by Crippen LogP contribution is 2.34. The maximum atomic E-state index is 12.7. The van der Waals surface area contributed by atoms with Crippen LogP contribution in [0, 0.1) is 16.0 Å². The lowest BCUT2D eigenvalue weighted by atomic mass is 10.3. The van der Waals surface area contributed by atoms with Gasteiger partial charge in [0.2, 0.25) is 17.8 Å². The van der Waals surface area contributed by atoms with Crippen molar-refractivity contribution in [3.8, 4) is 5.88 Å². The van der Waals surface area contributed by atoms with Gasteiger partial charge in [-0.05, 0) is 6.07 Å². The maximum Gasteiger partial charge on any atom is 0.340 e. The standard InChI is InChI=1S/C12H11F4N3O4/c13-11(14)12(15,16)5-23-9-2-1-6(4-17-9)18-10(20)7-3-8(7)19(21)22/h1-2,4,7-8,11H,3,5H2,(H,18,20). The van der Waals surface area contributed by atoms with Gasteiger partial charge in [-0.3, -0.25) is 14.9 Å². The summed E-state index contributed by atoms with van der Waals surface area (Å²) in [6, 6.07) is 1.46. The zero-order valence-corrected chi connectivity index (χ0v) is 11.4. The van der Waals surface area contributed by atoms with Crippen molar-refractivity contribution in [2.45, 2.75) is 24.8 Å². The maximum absolute atomic E-state index is 12.7. The summed E-state index contributed by atoms with van der Waals surface area (Å²) in [4.78, 5) is 25.1. The van der Waals surface area contributed by atoms with Crippen LogP contribution in [0.1, 0.15) is 6.42 Å². The number of nitrogens with one attached hydrogen (secondary N) is 1. The number of hydrogen-bond acceptors (Lipinski definition) is 5. The monoisotopic (exact) mass is 337 g/mol. The number of nitrogens with zero attached hydrogens (tertiary/aromatic N) is 2. The van der Waals surface area contributed by atoms with Gasteiger partial charge in [0.25, 0.3) is 0 Å². The third-order valence-electron chi connectivity index (χ3n) is 3.10. The molecule has 0 spiro atoms. The molecular weight excluding hydrogens is 326 g/mol. The molecule has 7 nitrogen and oxygen atoms in total. The van der Waals surface area contributed by atoms with E-state index in [1.807, 2.05) is 0 Å². The molecule has 1 fully saturated rings. The molecule has 1 aliphatic rings. The Kier molecular flexibility index (Phi) is 4.66. The molecule has 0 saturated heterocycles. The first-order chi connectivity index (χ1) is 10.7. The Morgan fingerprint density at radius 1 is 1.52 bits per heavy atom. The van der Waals surface area contributed by atoms with Gasteiger partial charge in [0.1, 0.15) is 5.92 Å². The molecule has 1 heterocycles. The highest BCUT2D eigenvalue weighted by Gasteiger charge is 2.53. The molecule has 1 aliphatic carbocycles. The van der Waals surface area contributed by atoms with E-state index in [0.29, 0.717) is 0 Å². The number of alkyl halides is 4. The van der Waals surface area contributed by atoms with E-state index in [0.717, 1.165) is 12.3 Å². The van der Waals surface area contributed by atoms with Crippen LogP contribution in [-0.4, -0.2) is 40.8 Å². The molecule has 23 heavy (non-hydrogen) atoms. The van der Waals surface area contributed by atoms with Crippen LogP contribution < -0.4 is 10.1 Å². The Hall–Kier alpha value is -2.46. The van der Waals surface area contributed by atoms with Crippen LogP contribution in [0.25, 0.3) is 0 Å². The van der Waals surface area contributed by atoms with Gasteiger partial charge in [-0.15, -0.1) is 0 Å². The Bertz CT molecular complexity index is 596. The number of halogens is 4. The summed E-state index contributed by atoms with van der Waals surface area (Å²) in [7, 11) is 0. The normalized spacial score (nSPS) is 20.2. The molecule has 0 radical (unpaired) electrons. The number of pyridine rings is 1. The van der Waals surface area contributed by atoms with Gasteiger partial charge in [0, 0.05) is 17.4 Å². The van der Waals surface area contributed by atoms with Gasteiger partial charge in [-0.25, -0.2) is 13.8 Å². The first-order valence-electron chi connectivity index (χ1n) is 6.40. The van der Waals surface area contributed by atoms with Crippen LogP contribution in [-0.2, 0) is 4.79 Å². The number of rotatable bonds is 7. The predicted octanol–water partition coefficient (Wildman–Crippen LogP) is 1.96. The molecule has 2 unspecified atom stereocenters. The molecule has 1 aromatic rings. The zero-order valence-electron chi connectivity index (χ0n) is 11.4. The summed E-state index contributed by atoms with van der Waals surface area (Å²) in [5.74, 6) is -5.88. The SMILES string of the molecule is O=C(Nc1ccc(OCC(F)(F)C(F)F)nc1)C1CC1[N+](=O)[O-]. The molecule has 0 aliphatic heterocycles. The van der Waals surface area contributed by atoms with E-state index >= 15 is 0 Å². The lowest BCUT2D eigenvalue weighted by Crippen LogP contribution is -2.33. The Morgan fingerprint density at radius 3 is 2.70 bits per heavy atom. The lowest BCUT2D eigenvalue weighted by Gasteiger charge is -2.15. The van der Waals surface area contributed by atoms with Crippen molar-refractivity contribution < 1.29 is 32.0 Å². The van der Waals surface area contributed by atoms with Crippen LogP contribution in [0.4, 0.5) is 23.2 Å². The van der Waals surface area contributed by atoms with E-state index < -0.39 is 41.7 Å². The quantitative estimate of drug-likeness (QED) is 0.466. The number of anilines is 1. The minimum Gasteiger partial charge on any atom is -0.471 e. The first-order valence-corrected chi connectivity index (χ1v) is 6.40. The number of amides is 1. The molecule has 2 rings (SSSR count). The van der Waals surface area contributed by atoms with E-state index in [2.05, 4.69) is 15.0 Å². The molecule has 1 amide bonds. The number of carbonyl (C=O) groups excluding carboxylic acids is 1. The summed E-state index contributed by atoms with van der Waals surface area (Å²) in [5.41, 5.74) is 0.178. The van der Waals surface area contributed by atoms with Crippen molar-refractivity contribution in [1.29, 1.82) is 0 Å². The average Bonchev–Trinajstić information content (AvgIpc) is 3.27. The number of aromatic nitrogens is 1. The fraction of sp³-hybridized carbons (Fsp3) is 0.500. The van der Waals surface area contributed by atoms with Crippen molar-refractivity contribution in [1.82, 2.24) is 4.98 Å². The highest BCUT2D eigenvalue weighted by atomic mass is 19.3. The molecule has 0 aromatic carbocycles. The van der Waals surface area contributed by atoms with Crippen LogP contribution in [0.15, 0.2) is 18.3 Å². The number of carbonyl (C=O) groups is 1. The fourth-order valence-corrected chi connectivity index (χ4v) is 1.70. The second-order valence-corrected chi connectivity index (χ2v) is 4.92. The van der Waals surface area contributed by atoms with Gasteiger partial charge in [-0.1, -0.05) is 0 Å². The third kappa shape index (κ3) is 4.27. The van der Waals surface area contributed by atoms with Crippen molar-refractivity contribution in [3.05, 3.63) is 28.4 Å². The second kappa shape index (κ2) is 6.34. The zero-order chi connectivity index (χ0) is 17.2. The second-order valence-electron chi connectivity index (χ2n) is 4.92. The average molecular weight is 337 g/mol. The van der Waals surface area contributed by atoms with E-state index in [4.69, 9.17) is 0 Å². The van der Waals surface area contributed by atoms with Gasteiger partial charge in [-0.2, -0.15) is 8.78 Å². The molecule has 1 aromatic heterocycles. The van der Waals surface area contributed by atoms with Crippen LogP contribution in [0.2, 0.25) is 0 Å². The van der Waals surface area contributed by atoms with E-state index in [9.17, 15) is 32.5 Å². The minimum absolute atomic E-state index is 0.149. The van der Waals surface area contributed by atoms with Gasteiger partial charge in [0.15, 0.2) is 6.61 Å². The van der Waals surface area contributed by atoms with E-state index in [1.54, 1.807) is 0 Å². The van der Waals surface area contributed by atoms with Crippen LogP contribution >= 0.6 is 0 Å². The molecule has 11 heteroatoms.